The van der Waals surface area contributed by atoms with Gasteiger partial charge in [0.1, 0.15) is 0 Å². The zero-order valence-electron chi connectivity index (χ0n) is 27.3. The summed E-state index contributed by atoms with van der Waals surface area (Å²) in [6, 6.07) is 8.17. The molecule has 13 heteroatoms. The number of anilines is 1. The van der Waals surface area contributed by atoms with E-state index in [1.165, 1.54) is 25.3 Å². The topological polar surface area (TPSA) is 165 Å². The fourth-order valence-electron chi connectivity index (χ4n) is 4.53. The van der Waals surface area contributed by atoms with E-state index in [9.17, 15) is 18.0 Å². The number of ether oxygens (including phenoxy) is 1. The Kier molecular flexibility index (Phi) is 14.9. The van der Waals surface area contributed by atoms with Gasteiger partial charge in [0.15, 0.2) is 0 Å². The van der Waals surface area contributed by atoms with Crippen molar-refractivity contribution in [3.63, 3.8) is 0 Å². The van der Waals surface area contributed by atoms with Crippen molar-refractivity contribution in [2.75, 3.05) is 5.32 Å². The van der Waals surface area contributed by atoms with Crippen LogP contribution in [0.1, 0.15) is 97.1 Å². The normalized spacial score (nSPS) is 13.5. The van der Waals surface area contributed by atoms with Crippen LogP contribution in [-0.2, 0) is 21.3 Å². The highest BCUT2D eigenvalue weighted by Crippen LogP contribution is 2.39. The first-order valence-electron chi connectivity index (χ1n) is 15.3. The van der Waals surface area contributed by atoms with E-state index >= 15 is 0 Å². The molecule has 0 unspecified atom stereocenters. The van der Waals surface area contributed by atoms with Gasteiger partial charge in [-0.05, 0) is 77.3 Å². The molecule has 1 aliphatic carbocycles. The molecule has 0 bridgehead atoms. The molecule has 4 rings (SSSR count). The minimum atomic E-state index is -3.88. The first kappa shape index (κ1) is 37.6. The van der Waals surface area contributed by atoms with E-state index in [0.29, 0.717) is 23.7 Å². The summed E-state index contributed by atoms with van der Waals surface area (Å²) in [7, 11) is -3.88. The number of nitrogens with one attached hydrogen (secondary N) is 3. The lowest BCUT2D eigenvalue weighted by molar-refractivity contribution is 0.125. The second kappa shape index (κ2) is 17.8. The molecule has 11 nitrogen and oxygen atoms in total. The average molecular weight is 661 g/mol. The maximum absolute atomic E-state index is 13.4. The smallest absolute Gasteiger partial charge is 0.404 e. The summed E-state index contributed by atoms with van der Waals surface area (Å²) in [5, 5.41) is 6.60. The number of amides is 3. The summed E-state index contributed by atoms with van der Waals surface area (Å²) in [4.78, 5) is 31.8. The monoisotopic (exact) mass is 660 g/mol. The summed E-state index contributed by atoms with van der Waals surface area (Å²) < 4.78 is 34.0. The standard InChI is InChI=1S/C26H33N5O3S2.C4H9NO2.C2H6/c1-26(2,3)31-36(33,34)23-15-20(30-25(32)29-16-18-11-13-27-14-12-18)9-10-21(23)22-17-28-24(35-22)19-7-5-4-6-8-19;1-3(2)7-4(5)6;1-2/h9-15,17,19,31H,4-8,16H2,1-3H3,(H2,29,30,32);3H,1-2H3,(H2,5,6);1-2H3. The third-order valence-corrected chi connectivity index (χ3v) is 9.26. The van der Waals surface area contributed by atoms with Crippen LogP contribution < -0.4 is 21.1 Å². The van der Waals surface area contributed by atoms with Gasteiger partial charge in [-0.3, -0.25) is 4.98 Å². The van der Waals surface area contributed by atoms with Gasteiger partial charge in [-0.15, -0.1) is 11.3 Å². The molecule has 0 aliphatic heterocycles. The zero-order chi connectivity index (χ0) is 33.6. The number of urea groups is 1. The molecule has 1 aromatic carbocycles. The van der Waals surface area contributed by atoms with Crippen LogP contribution in [0.15, 0.2) is 53.8 Å². The predicted octanol–water partition coefficient (Wildman–Crippen LogP) is 7.17. The van der Waals surface area contributed by atoms with E-state index in [2.05, 4.69) is 35.8 Å². The van der Waals surface area contributed by atoms with Crippen molar-refractivity contribution in [1.82, 2.24) is 20.0 Å². The molecular formula is C32H48N6O5S2. The van der Waals surface area contributed by atoms with Crippen LogP contribution in [-0.4, -0.2) is 42.2 Å². The van der Waals surface area contributed by atoms with Crippen molar-refractivity contribution < 1.29 is 22.7 Å². The Morgan fingerprint density at radius 2 is 1.71 bits per heavy atom. The van der Waals surface area contributed by atoms with E-state index in [0.717, 1.165) is 28.3 Å². The van der Waals surface area contributed by atoms with Crippen molar-refractivity contribution >= 4 is 39.2 Å². The van der Waals surface area contributed by atoms with Gasteiger partial charge in [0.25, 0.3) is 0 Å². The van der Waals surface area contributed by atoms with Crippen LogP contribution in [0.2, 0.25) is 0 Å². The first-order valence-corrected chi connectivity index (χ1v) is 17.6. The molecule has 248 valence electrons. The van der Waals surface area contributed by atoms with Gasteiger partial charge in [0.05, 0.1) is 20.9 Å². The van der Waals surface area contributed by atoms with Crippen molar-refractivity contribution in [3.8, 4) is 10.4 Å². The van der Waals surface area contributed by atoms with E-state index in [4.69, 9.17) is 0 Å². The Morgan fingerprint density at radius 3 is 2.27 bits per heavy atom. The maximum Gasteiger partial charge on any atom is 0.404 e. The predicted molar refractivity (Wildman–Crippen MR) is 181 cm³/mol. The van der Waals surface area contributed by atoms with E-state index in [-0.39, 0.29) is 11.0 Å². The van der Waals surface area contributed by atoms with Gasteiger partial charge < -0.3 is 21.1 Å². The molecule has 1 saturated carbocycles. The number of primary amides is 1. The highest BCUT2D eigenvalue weighted by Gasteiger charge is 2.27. The van der Waals surface area contributed by atoms with Crippen LogP contribution in [0, 0.1) is 0 Å². The molecule has 2 heterocycles. The number of sulfonamides is 1. The number of thiazole rings is 1. The molecule has 1 aliphatic rings. The Bertz CT molecular complexity index is 1460. The number of pyridine rings is 1. The SMILES string of the molecule is CC.CC(C)(C)NS(=O)(=O)c1cc(NC(=O)NCc2ccncc2)ccc1-c1cnc(C2CCCCC2)s1.CC(C)OC(N)=O. The van der Waals surface area contributed by atoms with Gasteiger partial charge in [0, 0.05) is 47.8 Å². The van der Waals surface area contributed by atoms with Crippen LogP contribution in [0.4, 0.5) is 15.3 Å². The van der Waals surface area contributed by atoms with Gasteiger partial charge >= 0.3 is 12.1 Å². The molecule has 45 heavy (non-hydrogen) atoms. The minimum absolute atomic E-state index is 0.0995. The first-order chi connectivity index (χ1) is 21.2. The van der Waals surface area contributed by atoms with E-state index in [1.54, 1.807) is 76.7 Å². The number of rotatable bonds is 8. The lowest BCUT2D eigenvalue weighted by Gasteiger charge is -2.22. The molecule has 0 atom stereocenters. The van der Waals surface area contributed by atoms with Gasteiger partial charge in [0.2, 0.25) is 10.0 Å². The third kappa shape index (κ3) is 13.1. The highest BCUT2D eigenvalue weighted by atomic mass is 32.2. The summed E-state index contributed by atoms with van der Waals surface area (Å²) in [5.74, 6) is 0.440. The fourth-order valence-corrected chi connectivity index (χ4v) is 7.38. The molecular weight excluding hydrogens is 613 g/mol. The van der Waals surface area contributed by atoms with E-state index < -0.39 is 27.7 Å². The van der Waals surface area contributed by atoms with Crippen molar-refractivity contribution in [2.45, 2.75) is 110 Å². The lowest BCUT2D eigenvalue weighted by Crippen LogP contribution is -2.40. The lowest BCUT2D eigenvalue weighted by atomic mass is 9.90. The van der Waals surface area contributed by atoms with Gasteiger partial charge in [-0.2, -0.15) is 0 Å². The fraction of sp³-hybridized carbons (Fsp3) is 0.500. The number of hydrogen-bond donors (Lipinski definition) is 4. The zero-order valence-corrected chi connectivity index (χ0v) is 29.0. The number of carbonyl (C=O) groups is 2. The molecule has 5 N–H and O–H groups in total. The molecule has 0 saturated heterocycles. The number of nitrogens with two attached hydrogens (primary N) is 1. The summed E-state index contributed by atoms with van der Waals surface area (Å²) in [6.07, 6.45) is 10.2. The van der Waals surface area contributed by atoms with E-state index in [1.807, 2.05) is 26.0 Å². The Labute approximate surface area is 271 Å². The molecule has 1 fully saturated rings. The molecule has 0 spiro atoms. The Hall–Kier alpha value is -3.55. The van der Waals surface area contributed by atoms with Crippen LogP contribution in [0.3, 0.4) is 0 Å². The summed E-state index contributed by atoms with van der Waals surface area (Å²) in [6.45, 7) is 13.2. The highest BCUT2D eigenvalue weighted by molar-refractivity contribution is 7.89. The molecule has 2 aromatic heterocycles. The molecule has 3 aromatic rings. The van der Waals surface area contributed by atoms with Gasteiger partial charge in [-0.25, -0.2) is 27.7 Å². The summed E-state index contributed by atoms with van der Waals surface area (Å²) >= 11 is 1.56. The quantitative estimate of drug-likeness (QED) is 0.199. The Morgan fingerprint density at radius 1 is 1.07 bits per heavy atom. The van der Waals surface area contributed by atoms with Gasteiger partial charge in [-0.1, -0.05) is 39.2 Å². The summed E-state index contributed by atoms with van der Waals surface area (Å²) in [5.41, 5.74) is 5.84. The number of carbonyl (C=O) groups excluding carboxylic acids is 2. The van der Waals surface area contributed by atoms with Crippen LogP contribution in [0.25, 0.3) is 10.4 Å². The second-order valence-corrected chi connectivity index (χ2v) is 14.3. The largest absolute Gasteiger partial charge is 0.447 e. The number of benzene rings is 1. The van der Waals surface area contributed by atoms with Crippen LogP contribution in [0.5, 0.6) is 0 Å². The number of nitrogens with zero attached hydrogens (tertiary/aromatic N) is 2. The van der Waals surface area contributed by atoms with Crippen molar-refractivity contribution in [3.05, 3.63) is 59.5 Å². The second-order valence-electron chi connectivity index (χ2n) is 11.6. The third-order valence-electron chi connectivity index (χ3n) is 6.27. The Balaban J connectivity index is 0.000000692. The van der Waals surface area contributed by atoms with Crippen molar-refractivity contribution in [2.24, 2.45) is 5.73 Å². The molecule has 3 amide bonds. The number of hydrogen-bond acceptors (Lipinski definition) is 8. The minimum Gasteiger partial charge on any atom is -0.447 e. The van der Waals surface area contributed by atoms with Crippen molar-refractivity contribution in [1.29, 1.82) is 0 Å². The number of aromatic nitrogens is 2. The average Bonchev–Trinajstić information content (AvgIpc) is 3.47. The van der Waals surface area contributed by atoms with Crippen LogP contribution >= 0.6 is 11.3 Å². The molecule has 0 radical (unpaired) electrons. The maximum atomic E-state index is 13.4.